The quantitative estimate of drug-likeness (QED) is 0.579. The Balaban J connectivity index is 2.75. The van der Waals surface area contributed by atoms with Crippen molar-refractivity contribution in [3.63, 3.8) is 0 Å². The Morgan fingerprint density at radius 2 is 2.11 bits per heavy atom. The highest BCUT2D eigenvalue weighted by atomic mass is 16.6. The summed E-state index contributed by atoms with van der Waals surface area (Å²) in [4.78, 5) is 10.4. The van der Waals surface area contributed by atoms with Crippen molar-refractivity contribution in [2.75, 3.05) is 25.1 Å². The van der Waals surface area contributed by atoms with Crippen molar-refractivity contribution in [3.05, 3.63) is 28.3 Å². The maximum absolute atomic E-state index is 10.8. The number of nitrogens with zero attached hydrogens (tertiary/aromatic N) is 1. The Labute approximate surface area is 112 Å². The number of ether oxygens (including phenoxy) is 2. The Bertz CT molecular complexity index is 423. The molecule has 0 saturated carbocycles. The van der Waals surface area contributed by atoms with Crippen molar-refractivity contribution in [2.24, 2.45) is 0 Å². The summed E-state index contributed by atoms with van der Waals surface area (Å²) in [5, 5.41) is 14.0. The molecule has 1 rings (SSSR count). The molecule has 0 saturated heterocycles. The average molecular weight is 268 g/mol. The minimum absolute atomic E-state index is 0.0229. The number of nitro benzene ring substituents is 1. The van der Waals surface area contributed by atoms with Gasteiger partial charge in [-0.2, -0.15) is 0 Å². The van der Waals surface area contributed by atoms with Crippen LogP contribution in [0.4, 0.5) is 11.4 Å². The van der Waals surface area contributed by atoms with Crippen molar-refractivity contribution in [3.8, 4) is 5.75 Å². The smallest absolute Gasteiger partial charge is 0.311 e. The highest BCUT2D eigenvalue weighted by Gasteiger charge is 2.15. The van der Waals surface area contributed by atoms with Crippen LogP contribution in [-0.2, 0) is 4.74 Å². The van der Waals surface area contributed by atoms with Crippen LogP contribution in [0.25, 0.3) is 0 Å². The van der Waals surface area contributed by atoms with Gasteiger partial charge in [-0.3, -0.25) is 10.1 Å². The molecule has 0 bridgehead atoms. The van der Waals surface area contributed by atoms with Gasteiger partial charge in [0.15, 0.2) is 5.75 Å². The van der Waals surface area contributed by atoms with Gasteiger partial charge in [-0.15, -0.1) is 0 Å². The highest BCUT2D eigenvalue weighted by Crippen LogP contribution is 2.30. The molecule has 0 aliphatic carbocycles. The van der Waals surface area contributed by atoms with E-state index in [1.165, 1.54) is 6.07 Å². The first kappa shape index (κ1) is 15.2. The SMILES string of the molecule is CCOc1cc(NCC(C)OCC)ccc1[N+](=O)[O-]. The molecule has 0 spiro atoms. The van der Waals surface area contributed by atoms with Crippen molar-refractivity contribution >= 4 is 11.4 Å². The monoisotopic (exact) mass is 268 g/mol. The Morgan fingerprint density at radius 1 is 1.37 bits per heavy atom. The minimum Gasteiger partial charge on any atom is -0.487 e. The van der Waals surface area contributed by atoms with Crippen molar-refractivity contribution in [1.29, 1.82) is 0 Å². The first-order valence-corrected chi connectivity index (χ1v) is 6.35. The van der Waals surface area contributed by atoms with E-state index in [0.29, 0.717) is 19.8 Å². The first-order valence-electron chi connectivity index (χ1n) is 6.35. The second-order valence-electron chi connectivity index (χ2n) is 4.02. The van der Waals surface area contributed by atoms with Crippen molar-refractivity contribution in [2.45, 2.75) is 26.9 Å². The number of nitro groups is 1. The van der Waals surface area contributed by atoms with Gasteiger partial charge in [0.05, 0.1) is 17.6 Å². The van der Waals surface area contributed by atoms with Crippen LogP contribution in [0, 0.1) is 10.1 Å². The maximum Gasteiger partial charge on any atom is 0.311 e. The molecule has 106 valence electrons. The molecular formula is C13H20N2O4. The fourth-order valence-electron chi connectivity index (χ4n) is 1.65. The predicted molar refractivity (Wildman–Crippen MR) is 73.8 cm³/mol. The number of nitrogens with one attached hydrogen (secondary N) is 1. The molecule has 0 fully saturated rings. The third-order valence-corrected chi connectivity index (χ3v) is 2.50. The Kier molecular flexibility index (Phi) is 6.08. The van der Waals surface area contributed by atoms with E-state index in [1.54, 1.807) is 19.1 Å². The van der Waals surface area contributed by atoms with Crippen molar-refractivity contribution < 1.29 is 14.4 Å². The molecule has 0 amide bonds. The molecule has 1 N–H and O–H groups in total. The third kappa shape index (κ3) is 4.75. The van der Waals surface area contributed by atoms with Gasteiger partial charge in [-0.1, -0.05) is 0 Å². The molecular weight excluding hydrogens is 248 g/mol. The van der Waals surface area contributed by atoms with Gasteiger partial charge in [-0.05, 0) is 26.8 Å². The minimum atomic E-state index is -0.447. The van der Waals surface area contributed by atoms with E-state index < -0.39 is 4.92 Å². The number of anilines is 1. The summed E-state index contributed by atoms with van der Waals surface area (Å²) in [6.07, 6.45) is 0.0794. The molecule has 0 radical (unpaired) electrons. The second-order valence-corrected chi connectivity index (χ2v) is 4.02. The van der Waals surface area contributed by atoms with Gasteiger partial charge in [0, 0.05) is 31.0 Å². The normalized spacial score (nSPS) is 11.9. The third-order valence-electron chi connectivity index (χ3n) is 2.50. The number of hydrogen-bond acceptors (Lipinski definition) is 5. The van der Waals surface area contributed by atoms with E-state index in [4.69, 9.17) is 9.47 Å². The zero-order chi connectivity index (χ0) is 14.3. The van der Waals surface area contributed by atoms with Gasteiger partial charge in [0.2, 0.25) is 0 Å². The summed E-state index contributed by atoms with van der Waals surface area (Å²) in [5.74, 6) is 0.279. The molecule has 0 aromatic heterocycles. The molecule has 1 aromatic rings. The standard InChI is InChI=1S/C13H20N2O4/c1-4-18-10(3)9-14-11-6-7-12(15(16)17)13(8-11)19-5-2/h6-8,10,14H,4-5,9H2,1-3H3. The van der Waals surface area contributed by atoms with E-state index in [2.05, 4.69) is 5.32 Å². The maximum atomic E-state index is 10.8. The molecule has 0 heterocycles. The van der Waals surface area contributed by atoms with Gasteiger partial charge in [0.25, 0.3) is 0 Å². The lowest BCUT2D eigenvalue weighted by atomic mass is 10.2. The largest absolute Gasteiger partial charge is 0.487 e. The van der Waals surface area contributed by atoms with E-state index in [0.717, 1.165) is 5.69 Å². The molecule has 19 heavy (non-hydrogen) atoms. The fraction of sp³-hybridized carbons (Fsp3) is 0.538. The Hall–Kier alpha value is -1.82. The number of benzene rings is 1. The number of hydrogen-bond donors (Lipinski definition) is 1. The lowest BCUT2D eigenvalue weighted by Gasteiger charge is -2.14. The van der Waals surface area contributed by atoms with Crippen LogP contribution in [0.15, 0.2) is 18.2 Å². The fourth-order valence-corrected chi connectivity index (χ4v) is 1.65. The van der Waals surface area contributed by atoms with E-state index in [9.17, 15) is 10.1 Å². The molecule has 6 nitrogen and oxygen atoms in total. The van der Waals surface area contributed by atoms with Crippen LogP contribution in [-0.4, -0.2) is 30.8 Å². The van der Waals surface area contributed by atoms with Crippen molar-refractivity contribution in [1.82, 2.24) is 0 Å². The molecule has 1 atom stereocenters. The summed E-state index contributed by atoms with van der Waals surface area (Å²) in [6.45, 7) is 7.38. The summed E-state index contributed by atoms with van der Waals surface area (Å²) < 4.78 is 10.7. The van der Waals surface area contributed by atoms with E-state index >= 15 is 0 Å². The van der Waals surface area contributed by atoms with Gasteiger partial charge in [-0.25, -0.2) is 0 Å². The van der Waals surface area contributed by atoms with Crippen LogP contribution < -0.4 is 10.1 Å². The number of rotatable bonds is 8. The van der Waals surface area contributed by atoms with E-state index in [1.807, 2.05) is 13.8 Å². The summed E-state index contributed by atoms with van der Waals surface area (Å²) >= 11 is 0. The predicted octanol–water partition coefficient (Wildman–Crippen LogP) is 2.83. The summed E-state index contributed by atoms with van der Waals surface area (Å²) in [7, 11) is 0. The van der Waals surface area contributed by atoms with Crippen LogP contribution in [0.2, 0.25) is 0 Å². The van der Waals surface area contributed by atoms with Gasteiger partial charge in [0.1, 0.15) is 0 Å². The van der Waals surface area contributed by atoms with Gasteiger partial charge < -0.3 is 14.8 Å². The molecule has 6 heteroatoms. The zero-order valence-corrected chi connectivity index (χ0v) is 11.5. The van der Waals surface area contributed by atoms with Gasteiger partial charge >= 0.3 is 5.69 Å². The highest BCUT2D eigenvalue weighted by molar-refractivity contribution is 5.58. The second kappa shape index (κ2) is 7.58. The topological polar surface area (TPSA) is 73.6 Å². The lowest BCUT2D eigenvalue weighted by Crippen LogP contribution is -2.19. The average Bonchev–Trinajstić information content (AvgIpc) is 2.37. The first-order chi connectivity index (χ1) is 9.08. The summed E-state index contributed by atoms with van der Waals surface area (Å²) in [5.41, 5.74) is 0.755. The summed E-state index contributed by atoms with van der Waals surface area (Å²) in [6, 6.07) is 4.75. The zero-order valence-electron chi connectivity index (χ0n) is 11.5. The molecule has 0 aliphatic rings. The van der Waals surface area contributed by atoms with E-state index in [-0.39, 0.29) is 17.5 Å². The molecule has 0 aliphatic heterocycles. The van der Waals surface area contributed by atoms with Crippen LogP contribution in [0.3, 0.4) is 0 Å². The lowest BCUT2D eigenvalue weighted by molar-refractivity contribution is -0.385. The van der Waals surface area contributed by atoms with Crippen LogP contribution >= 0.6 is 0 Å². The van der Waals surface area contributed by atoms with Crippen LogP contribution in [0.5, 0.6) is 5.75 Å². The molecule has 1 unspecified atom stereocenters. The molecule has 1 aromatic carbocycles. The Morgan fingerprint density at radius 3 is 2.68 bits per heavy atom. The van der Waals surface area contributed by atoms with Crippen LogP contribution in [0.1, 0.15) is 20.8 Å².